The Labute approximate surface area is 155 Å². The van der Waals surface area contributed by atoms with Crippen LogP contribution in [-0.4, -0.2) is 20.6 Å². The summed E-state index contributed by atoms with van der Waals surface area (Å²) in [6.45, 7) is 1.78. The molecule has 128 valence electrons. The van der Waals surface area contributed by atoms with Crippen LogP contribution in [0.1, 0.15) is 28.9 Å². The van der Waals surface area contributed by atoms with E-state index in [2.05, 4.69) is 5.32 Å². The largest absolute Gasteiger partial charge is 0.346 e. The lowest BCUT2D eigenvalue weighted by atomic mass is 10.1. The highest BCUT2D eigenvalue weighted by molar-refractivity contribution is 7.90. The first-order chi connectivity index (χ1) is 11.1. The molecule has 0 heterocycles. The monoisotopic (exact) mass is 405 g/mol. The van der Waals surface area contributed by atoms with Crippen LogP contribution in [0, 0.1) is 0 Å². The maximum atomic E-state index is 12.4. The molecule has 0 aliphatic carbocycles. The van der Waals surface area contributed by atoms with Crippen LogP contribution < -0.4 is 5.32 Å². The zero-order chi connectivity index (χ0) is 18.1. The number of hydrogen-bond acceptors (Lipinski definition) is 3. The fraction of sp³-hybridized carbons (Fsp3) is 0.188. The maximum Gasteiger partial charge on any atom is 0.251 e. The summed E-state index contributed by atoms with van der Waals surface area (Å²) in [5.41, 5.74) is 0.974. The average molecular weight is 407 g/mol. The summed E-state index contributed by atoms with van der Waals surface area (Å²) in [4.78, 5) is 12.3. The Morgan fingerprint density at radius 2 is 1.62 bits per heavy atom. The van der Waals surface area contributed by atoms with Crippen molar-refractivity contribution in [1.82, 2.24) is 5.32 Å². The van der Waals surface area contributed by atoms with Gasteiger partial charge in [-0.05, 0) is 42.8 Å². The Balaban J connectivity index is 2.25. The Hall–Kier alpha value is -1.27. The number of sulfone groups is 1. The number of benzene rings is 2. The normalized spacial score (nSPS) is 12.7. The Morgan fingerprint density at radius 3 is 2.21 bits per heavy atom. The third kappa shape index (κ3) is 4.42. The van der Waals surface area contributed by atoms with E-state index in [-0.39, 0.29) is 21.5 Å². The van der Waals surface area contributed by atoms with Crippen LogP contribution >= 0.6 is 34.8 Å². The predicted octanol–water partition coefficient (Wildman–Crippen LogP) is 4.54. The smallest absolute Gasteiger partial charge is 0.251 e. The van der Waals surface area contributed by atoms with Gasteiger partial charge in [-0.1, -0.05) is 40.9 Å². The van der Waals surface area contributed by atoms with Crippen LogP contribution in [0.4, 0.5) is 0 Å². The van der Waals surface area contributed by atoms with Gasteiger partial charge in [-0.3, -0.25) is 4.79 Å². The molecule has 4 nitrogen and oxygen atoms in total. The molecule has 24 heavy (non-hydrogen) atoms. The summed E-state index contributed by atoms with van der Waals surface area (Å²) in [6, 6.07) is 8.83. The Kier molecular flexibility index (Phi) is 5.81. The SMILES string of the molecule is CC(NC(=O)c1ccc(Cl)c(S(C)(=O)=O)c1)c1ccc(Cl)c(Cl)c1. The summed E-state index contributed by atoms with van der Waals surface area (Å²) >= 11 is 17.7. The van der Waals surface area contributed by atoms with Gasteiger partial charge < -0.3 is 5.32 Å². The summed E-state index contributed by atoms with van der Waals surface area (Å²) in [5, 5.41) is 3.67. The van der Waals surface area contributed by atoms with Gasteiger partial charge in [0, 0.05) is 11.8 Å². The number of carbonyl (C=O) groups excluding carboxylic acids is 1. The molecule has 0 fully saturated rings. The number of nitrogens with one attached hydrogen (secondary N) is 1. The van der Waals surface area contributed by atoms with Crippen LogP contribution in [0.3, 0.4) is 0 Å². The second-order valence-corrected chi connectivity index (χ2v) is 8.49. The van der Waals surface area contributed by atoms with E-state index in [0.717, 1.165) is 11.8 Å². The van der Waals surface area contributed by atoms with E-state index >= 15 is 0 Å². The van der Waals surface area contributed by atoms with E-state index in [1.807, 2.05) is 0 Å². The van der Waals surface area contributed by atoms with Crippen molar-refractivity contribution in [3.05, 3.63) is 62.6 Å². The van der Waals surface area contributed by atoms with Crippen molar-refractivity contribution in [2.45, 2.75) is 17.9 Å². The van der Waals surface area contributed by atoms with Gasteiger partial charge in [0.15, 0.2) is 9.84 Å². The molecule has 0 aliphatic heterocycles. The van der Waals surface area contributed by atoms with Crippen LogP contribution in [0.2, 0.25) is 15.1 Å². The number of rotatable bonds is 4. The van der Waals surface area contributed by atoms with E-state index in [0.29, 0.717) is 10.0 Å². The first-order valence-electron chi connectivity index (χ1n) is 6.85. The molecule has 0 spiro atoms. The van der Waals surface area contributed by atoms with Crippen molar-refractivity contribution in [2.24, 2.45) is 0 Å². The lowest BCUT2D eigenvalue weighted by Crippen LogP contribution is -2.26. The van der Waals surface area contributed by atoms with Crippen molar-refractivity contribution in [3.8, 4) is 0 Å². The first kappa shape index (κ1) is 19.1. The van der Waals surface area contributed by atoms with E-state index < -0.39 is 15.7 Å². The molecule has 1 unspecified atom stereocenters. The maximum absolute atomic E-state index is 12.4. The van der Waals surface area contributed by atoms with Gasteiger partial charge in [-0.2, -0.15) is 0 Å². The van der Waals surface area contributed by atoms with Crippen molar-refractivity contribution in [2.75, 3.05) is 6.26 Å². The molecular formula is C16H14Cl3NO3S. The third-order valence-corrected chi connectivity index (χ3v) is 5.70. The van der Waals surface area contributed by atoms with Crippen LogP contribution in [0.15, 0.2) is 41.3 Å². The minimum absolute atomic E-state index is 0.0755. The molecule has 1 atom stereocenters. The van der Waals surface area contributed by atoms with Gasteiger partial charge in [0.05, 0.1) is 26.0 Å². The summed E-state index contributed by atoms with van der Waals surface area (Å²) in [5.74, 6) is -0.421. The molecule has 2 aromatic carbocycles. The van der Waals surface area contributed by atoms with Gasteiger partial charge in [-0.25, -0.2) is 8.42 Å². The molecule has 0 aliphatic rings. The highest BCUT2D eigenvalue weighted by Crippen LogP contribution is 2.26. The minimum atomic E-state index is -3.52. The van der Waals surface area contributed by atoms with Gasteiger partial charge in [0.2, 0.25) is 0 Å². The van der Waals surface area contributed by atoms with E-state index in [1.54, 1.807) is 25.1 Å². The molecule has 2 rings (SSSR count). The first-order valence-corrected chi connectivity index (χ1v) is 9.87. The molecule has 2 aromatic rings. The minimum Gasteiger partial charge on any atom is -0.346 e. The van der Waals surface area contributed by atoms with Crippen molar-refractivity contribution in [3.63, 3.8) is 0 Å². The third-order valence-electron chi connectivity index (χ3n) is 3.38. The highest BCUT2D eigenvalue weighted by Gasteiger charge is 2.17. The van der Waals surface area contributed by atoms with Crippen LogP contribution in [-0.2, 0) is 9.84 Å². The number of hydrogen-bond donors (Lipinski definition) is 1. The Bertz CT molecular complexity index is 897. The average Bonchev–Trinajstić information content (AvgIpc) is 2.49. The zero-order valence-electron chi connectivity index (χ0n) is 12.8. The zero-order valence-corrected chi connectivity index (χ0v) is 15.9. The Morgan fingerprint density at radius 1 is 1.00 bits per heavy atom. The molecule has 0 saturated heterocycles. The summed E-state index contributed by atoms with van der Waals surface area (Å²) in [6.07, 6.45) is 1.04. The predicted molar refractivity (Wildman–Crippen MR) is 96.9 cm³/mol. The lowest BCUT2D eigenvalue weighted by Gasteiger charge is -2.15. The van der Waals surface area contributed by atoms with E-state index in [9.17, 15) is 13.2 Å². The lowest BCUT2D eigenvalue weighted by molar-refractivity contribution is 0.0939. The second-order valence-electron chi connectivity index (χ2n) is 5.29. The quantitative estimate of drug-likeness (QED) is 0.810. The topological polar surface area (TPSA) is 63.2 Å². The van der Waals surface area contributed by atoms with E-state index in [4.69, 9.17) is 34.8 Å². The summed E-state index contributed by atoms with van der Waals surface area (Å²) < 4.78 is 23.4. The number of carbonyl (C=O) groups is 1. The van der Waals surface area contributed by atoms with Gasteiger partial charge in [-0.15, -0.1) is 0 Å². The summed E-state index contributed by atoms with van der Waals surface area (Å²) in [7, 11) is -3.52. The fourth-order valence-electron chi connectivity index (χ4n) is 2.07. The van der Waals surface area contributed by atoms with Gasteiger partial charge >= 0.3 is 0 Å². The van der Waals surface area contributed by atoms with Crippen molar-refractivity contribution < 1.29 is 13.2 Å². The molecule has 0 bridgehead atoms. The number of amides is 1. The molecule has 0 saturated carbocycles. The molecule has 1 N–H and O–H groups in total. The highest BCUT2D eigenvalue weighted by atomic mass is 35.5. The van der Waals surface area contributed by atoms with Crippen LogP contribution in [0.25, 0.3) is 0 Å². The van der Waals surface area contributed by atoms with E-state index in [1.165, 1.54) is 18.2 Å². The molecule has 0 radical (unpaired) electrons. The molecule has 8 heteroatoms. The second kappa shape index (κ2) is 7.31. The number of halogens is 3. The fourth-order valence-corrected chi connectivity index (χ4v) is 3.68. The molecular weight excluding hydrogens is 393 g/mol. The van der Waals surface area contributed by atoms with Crippen LogP contribution in [0.5, 0.6) is 0 Å². The molecule has 0 aromatic heterocycles. The van der Waals surface area contributed by atoms with Crippen molar-refractivity contribution in [1.29, 1.82) is 0 Å². The van der Waals surface area contributed by atoms with Gasteiger partial charge in [0.25, 0.3) is 5.91 Å². The van der Waals surface area contributed by atoms with Gasteiger partial charge in [0.1, 0.15) is 0 Å². The van der Waals surface area contributed by atoms with Crippen molar-refractivity contribution >= 4 is 50.5 Å². The molecule has 1 amide bonds. The standard InChI is InChI=1S/C16H14Cl3NO3S/c1-9(10-3-5-12(17)14(19)7-10)20-16(21)11-4-6-13(18)15(8-11)24(2,22)23/h3-9H,1-2H3,(H,20,21).